The summed E-state index contributed by atoms with van der Waals surface area (Å²) < 4.78 is 5.17. The second-order valence-electron chi connectivity index (χ2n) is 2.70. The Morgan fingerprint density at radius 1 is 1.54 bits per heavy atom. The van der Waals surface area contributed by atoms with Crippen LogP contribution in [0.3, 0.4) is 0 Å². The van der Waals surface area contributed by atoms with E-state index in [1.165, 1.54) is 0 Å². The van der Waals surface area contributed by atoms with Crippen molar-refractivity contribution >= 4 is 0 Å². The van der Waals surface area contributed by atoms with Gasteiger partial charge >= 0.3 is 0 Å². The van der Waals surface area contributed by atoms with Crippen molar-refractivity contribution in [2.24, 2.45) is 0 Å². The first-order chi connectivity index (χ1) is 6.33. The van der Waals surface area contributed by atoms with Gasteiger partial charge in [-0.05, 0) is 0 Å². The van der Waals surface area contributed by atoms with Crippen LogP contribution in [-0.2, 0) is 14.4 Å². The highest BCUT2D eigenvalue weighted by Gasteiger charge is 2.11. The van der Waals surface area contributed by atoms with Crippen LogP contribution in [0.4, 0.5) is 0 Å². The third-order valence-electron chi connectivity index (χ3n) is 1.64. The molecule has 0 aromatic rings. The van der Waals surface area contributed by atoms with Crippen LogP contribution in [0, 0.1) is 0 Å². The van der Waals surface area contributed by atoms with Crippen LogP contribution in [0.15, 0.2) is 12.3 Å². The Labute approximate surface area is 78.2 Å². The molecule has 5 nitrogen and oxygen atoms in total. The van der Waals surface area contributed by atoms with E-state index in [0.717, 1.165) is 13.1 Å². The van der Waals surface area contributed by atoms with E-state index in [2.05, 4.69) is 16.9 Å². The zero-order chi connectivity index (χ0) is 9.52. The highest BCUT2D eigenvalue weighted by Crippen LogP contribution is 2.02. The number of ether oxygens (including phenoxy) is 1. The number of hydroxylamine groups is 3. The van der Waals surface area contributed by atoms with Gasteiger partial charge in [-0.3, -0.25) is 0 Å². The van der Waals surface area contributed by atoms with Crippen LogP contribution < -0.4 is 5.48 Å². The van der Waals surface area contributed by atoms with Gasteiger partial charge in [0.1, 0.15) is 5.76 Å². The lowest BCUT2D eigenvalue weighted by Crippen LogP contribution is -2.37. The quantitative estimate of drug-likeness (QED) is 0.482. The lowest BCUT2D eigenvalue weighted by atomic mass is 10.5. The fourth-order valence-electron chi connectivity index (χ4n) is 1.01. The number of nitrogens with one attached hydrogen (secondary N) is 1. The molecule has 0 aliphatic carbocycles. The lowest BCUT2D eigenvalue weighted by molar-refractivity contribution is -0.165. The SMILES string of the molecule is C=C(CNOC)ON1CCOCC1. The second-order valence-corrected chi connectivity index (χ2v) is 2.70. The predicted octanol–water partition coefficient (Wildman–Crippen LogP) is -0.0851. The summed E-state index contributed by atoms with van der Waals surface area (Å²) in [7, 11) is 1.56. The monoisotopic (exact) mass is 188 g/mol. The Balaban J connectivity index is 2.11. The average Bonchev–Trinajstić information content (AvgIpc) is 2.16. The summed E-state index contributed by atoms with van der Waals surface area (Å²) in [6, 6.07) is 0. The first-order valence-corrected chi connectivity index (χ1v) is 4.27. The molecule has 13 heavy (non-hydrogen) atoms. The van der Waals surface area contributed by atoms with Crippen molar-refractivity contribution in [3.8, 4) is 0 Å². The van der Waals surface area contributed by atoms with E-state index in [0.29, 0.717) is 25.5 Å². The van der Waals surface area contributed by atoms with Crippen molar-refractivity contribution in [1.82, 2.24) is 10.5 Å². The first kappa shape index (κ1) is 10.5. The van der Waals surface area contributed by atoms with Crippen LogP contribution >= 0.6 is 0 Å². The maximum absolute atomic E-state index is 5.41. The van der Waals surface area contributed by atoms with E-state index in [1.54, 1.807) is 7.11 Å². The van der Waals surface area contributed by atoms with E-state index in [4.69, 9.17) is 9.57 Å². The summed E-state index contributed by atoms with van der Waals surface area (Å²) in [5.41, 5.74) is 2.66. The maximum atomic E-state index is 5.41. The van der Waals surface area contributed by atoms with Crippen LogP contribution in [0.1, 0.15) is 0 Å². The lowest BCUT2D eigenvalue weighted by Gasteiger charge is -2.26. The van der Waals surface area contributed by atoms with E-state index in [-0.39, 0.29) is 0 Å². The zero-order valence-electron chi connectivity index (χ0n) is 7.91. The van der Waals surface area contributed by atoms with Crippen molar-refractivity contribution in [2.45, 2.75) is 0 Å². The van der Waals surface area contributed by atoms with E-state index >= 15 is 0 Å². The van der Waals surface area contributed by atoms with Gasteiger partial charge in [0.25, 0.3) is 0 Å². The number of hydrogen-bond donors (Lipinski definition) is 1. The second kappa shape index (κ2) is 5.93. The molecule has 76 valence electrons. The summed E-state index contributed by atoms with van der Waals surface area (Å²) in [5, 5.41) is 1.84. The average molecular weight is 188 g/mol. The van der Waals surface area contributed by atoms with Crippen molar-refractivity contribution < 1.29 is 14.4 Å². The minimum atomic E-state index is 0.494. The summed E-state index contributed by atoms with van der Waals surface area (Å²) in [4.78, 5) is 10.1. The fraction of sp³-hybridized carbons (Fsp3) is 0.750. The summed E-state index contributed by atoms with van der Waals surface area (Å²) in [6.45, 7) is 7.23. The van der Waals surface area contributed by atoms with Gasteiger partial charge in [0.05, 0.1) is 40.0 Å². The Morgan fingerprint density at radius 3 is 2.85 bits per heavy atom. The topological polar surface area (TPSA) is 43.0 Å². The van der Waals surface area contributed by atoms with E-state index in [9.17, 15) is 0 Å². The number of morpholine rings is 1. The van der Waals surface area contributed by atoms with Crippen LogP contribution in [0.5, 0.6) is 0 Å². The predicted molar refractivity (Wildman–Crippen MR) is 47.6 cm³/mol. The molecule has 0 unspecified atom stereocenters. The third-order valence-corrected chi connectivity index (χ3v) is 1.64. The molecule has 0 spiro atoms. The summed E-state index contributed by atoms with van der Waals surface area (Å²) in [5.74, 6) is 0.642. The van der Waals surface area contributed by atoms with Gasteiger partial charge in [0.15, 0.2) is 0 Å². The van der Waals surface area contributed by atoms with Gasteiger partial charge in [-0.15, -0.1) is 5.06 Å². The molecule has 1 fully saturated rings. The van der Waals surface area contributed by atoms with E-state index in [1.807, 2.05) is 5.06 Å². The van der Waals surface area contributed by atoms with E-state index < -0.39 is 0 Å². The molecule has 1 saturated heterocycles. The minimum absolute atomic E-state index is 0.494. The molecule has 5 heteroatoms. The van der Waals surface area contributed by atoms with Gasteiger partial charge in [-0.1, -0.05) is 6.58 Å². The van der Waals surface area contributed by atoms with Crippen molar-refractivity contribution in [2.75, 3.05) is 40.0 Å². The Bertz CT molecular complexity index is 157. The molecule has 1 aliphatic rings. The van der Waals surface area contributed by atoms with Gasteiger partial charge in [-0.25, -0.2) is 0 Å². The molecule has 1 N–H and O–H groups in total. The van der Waals surface area contributed by atoms with Gasteiger partial charge in [-0.2, -0.15) is 5.48 Å². The molecule has 0 amide bonds. The Hall–Kier alpha value is -0.620. The smallest absolute Gasteiger partial charge is 0.133 e. The highest BCUT2D eigenvalue weighted by atomic mass is 16.7. The Morgan fingerprint density at radius 2 is 2.23 bits per heavy atom. The van der Waals surface area contributed by atoms with Crippen LogP contribution in [0.2, 0.25) is 0 Å². The van der Waals surface area contributed by atoms with Crippen LogP contribution in [-0.4, -0.2) is 45.0 Å². The molecular weight excluding hydrogens is 172 g/mol. The normalized spacial score (nSPS) is 18.5. The largest absolute Gasteiger partial charge is 0.409 e. The summed E-state index contributed by atoms with van der Waals surface area (Å²) >= 11 is 0. The number of nitrogens with zero attached hydrogens (tertiary/aromatic N) is 1. The molecule has 0 aromatic carbocycles. The zero-order valence-corrected chi connectivity index (χ0v) is 7.91. The standard InChI is InChI=1S/C8H16N2O3/c1-8(7-9-11-2)13-10-3-5-12-6-4-10/h9H,1,3-7H2,2H3. The highest BCUT2D eigenvalue weighted by molar-refractivity contribution is 4.83. The fourth-order valence-corrected chi connectivity index (χ4v) is 1.01. The molecule has 1 heterocycles. The van der Waals surface area contributed by atoms with Crippen molar-refractivity contribution in [1.29, 1.82) is 0 Å². The van der Waals surface area contributed by atoms with Gasteiger partial charge in [0.2, 0.25) is 0 Å². The molecule has 0 radical (unpaired) electrons. The molecule has 1 aliphatic heterocycles. The molecule has 0 atom stereocenters. The maximum Gasteiger partial charge on any atom is 0.133 e. The Kier molecular flexibility index (Phi) is 4.77. The summed E-state index contributed by atoms with van der Waals surface area (Å²) in [6.07, 6.45) is 0. The van der Waals surface area contributed by atoms with Gasteiger partial charge in [0, 0.05) is 0 Å². The molecule has 0 aromatic heterocycles. The molecular formula is C8H16N2O3. The molecule has 0 bridgehead atoms. The van der Waals surface area contributed by atoms with Crippen LogP contribution in [0.25, 0.3) is 0 Å². The molecule has 1 rings (SSSR count). The first-order valence-electron chi connectivity index (χ1n) is 4.27. The molecule has 0 saturated carbocycles. The number of rotatable bonds is 5. The van der Waals surface area contributed by atoms with Gasteiger partial charge < -0.3 is 14.4 Å². The minimum Gasteiger partial charge on any atom is -0.409 e. The number of hydrogen-bond acceptors (Lipinski definition) is 5. The van der Waals surface area contributed by atoms with Crippen molar-refractivity contribution in [3.05, 3.63) is 12.3 Å². The van der Waals surface area contributed by atoms with Crippen molar-refractivity contribution in [3.63, 3.8) is 0 Å². The third kappa shape index (κ3) is 4.23.